The van der Waals surface area contributed by atoms with Gasteiger partial charge in [0.2, 0.25) is 0 Å². The van der Waals surface area contributed by atoms with Crippen molar-refractivity contribution >= 4 is 38.4 Å². The Labute approximate surface area is 141 Å². The summed E-state index contributed by atoms with van der Waals surface area (Å²) in [6, 6.07) is 15.3. The van der Waals surface area contributed by atoms with Crippen molar-refractivity contribution in [2.45, 2.75) is 17.7 Å². The monoisotopic (exact) mass is 376 g/mol. The number of nitrogens with zero attached hydrogens (tertiary/aromatic N) is 1. The molecule has 2 aromatic carbocycles. The number of rotatable bonds is 4. The number of nitrogens with one attached hydrogen (secondary N) is 1. The first-order valence-corrected chi connectivity index (χ1v) is 8.30. The Morgan fingerprint density at radius 3 is 2.73 bits per heavy atom. The number of aryl methyl sites for hydroxylation is 1. The molecule has 0 aliphatic rings. The lowest BCUT2D eigenvalue weighted by Crippen LogP contribution is -2.13. The van der Waals surface area contributed by atoms with Crippen molar-refractivity contribution in [3.8, 4) is 0 Å². The first-order chi connectivity index (χ1) is 10.6. The van der Waals surface area contributed by atoms with E-state index in [1.54, 1.807) is 18.2 Å². The summed E-state index contributed by atoms with van der Waals surface area (Å²) in [5.41, 5.74) is 1.74. The summed E-state index contributed by atoms with van der Waals surface area (Å²) in [7, 11) is 0. The summed E-state index contributed by atoms with van der Waals surface area (Å²) < 4.78 is 0. The van der Waals surface area contributed by atoms with Gasteiger partial charge in [0.15, 0.2) is 0 Å². The van der Waals surface area contributed by atoms with Crippen LogP contribution >= 0.6 is 27.5 Å². The quantitative estimate of drug-likeness (QED) is 0.673. The molecule has 0 saturated heterocycles. The van der Waals surface area contributed by atoms with Gasteiger partial charge in [0.1, 0.15) is 5.82 Å². The highest BCUT2D eigenvalue weighted by molar-refractivity contribution is 9.09. The third-order valence-corrected chi connectivity index (χ3v) is 4.64. The number of alkyl halides is 1. The van der Waals surface area contributed by atoms with Crippen LogP contribution in [0.3, 0.4) is 0 Å². The summed E-state index contributed by atoms with van der Waals surface area (Å²) in [4.78, 5) is 19.5. The third kappa shape index (κ3) is 3.39. The van der Waals surface area contributed by atoms with Gasteiger partial charge < -0.3 is 4.98 Å². The van der Waals surface area contributed by atoms with Crippen LogP contribution in [0.25, 0.3) is 10.9 Å². The van der Waals surface area contributed by atoms with Gasteiger partial charge in [-0.3, -0.25) is 4.79 Å². The molecule has 3 rings (SSSR count). The molecule has 1 unspecified atom stereocenters. The molecular weight excluding hydrogens is 364 g/mol. The van der Waals surface area contributed by atoms with E-state index in [-0.39, 0.29) is 10.4 Å². The minimum absolute atomic E-state index is 0.0104. The molecule has 22 heavy (non-hydrogen) atoms. The summed E-state index contributed by atoms with van der Waals surface area (Å²) in [5, 5.41) is 1.13. The maximum absolute atomic E-state index is 12.1. The molecule has 1 N–H and O–H groups in total. The van der Waals surface area contributed by atoms with Crippen LogP contribution in [0.5, 0.6) is 0 Å². The Hall–Kier alpha value is -1.65. The number of halogens is 2. The van der Waals surface area contributed by atoms with Crippen molar-refractivity contribution < 1.29 is 0 Å². The average Bonchev–Trinajstić information content (AvgIpc) is 2.53. The number of H-pyrrole nitrogens is 1. The fourth-order valence-corrected chi connectivity index (χ4v) is 2.97. The molecule has 1 aromatic heterocycles. The van der Waals surface area contributed by atoms with Crippen molar-refractivity contribution in [3.63, 3.8) is 0 Å². The Morgan fingerprint density at radius 1 is 1.18 bits per heavy atom. The average molecular weight is 378 g/mol. The van der Waals surface area contributed by atoms with E-state index in [0.717, 1.165) is 12.8 Å². The maximum Gasteiger partial charge on any atom is 0.258 e. The van der Waals surface area contributed by atoms with Crippen molar-refractivity contribution in [2.75, 3.05) is 0 Å². The highest BCUT2D eigenvalue weighted by Gasteiger charge is 2.13. The summed E-state index contributed by atoms with van der Waals surface area (Å²) in [6.07, 6.45) is 1.76. The number of benzene rings is 2. The molecule has 1 atom stereocenters. The normalized spacial score (nSPS) is 12.5. The highest BCUT2D eigenvalue weighted by atomic mass is 79.9. The summed E-state index contributed by atoms with van der Waals surface area (Å²) >= 11 is 9.60. The fourth-order valence-electron chi connectivity index (χ4n) is 2.35. The largest absolute Gasteiger partial charge is 0.309 e. The van der Waals surface area contributed by atoms with Crippen LogP contribution in [0.15, 0.2) is 53.3 Å². The molecule has 3 nitrogen and oxygen atoms in total. The Balaban J connectivity index is 1.84. The second-order valence-corrected chi connectivity index (χ2v) is 6.65. The summed E-state index contributed by atoms with van der Waals surface area (Å²) in [6.45, 7) is 0. The molecule has 0 saturated carbocycles. The molecule has 0 spiro atoms. The van der Waals surface area contributed by atoms with E-state index in [9.17, 15) is 4.79 Å². The van der Waals surface area contributed by atoms with Crippen LogP contribution < -0.4 is 5.56 Å². The minimum Gasteiger partial charge on any atom is -0.309 e. The molecule has 112 valence electrons. The molecule has 5 heteroatoms. The van der Waals surface area contributed by atoms with Gasteiger partial charge in [-0.2, -0.15) is 0 Å². The zero-order valence-electron chi connectivity index (χ0n) is 11.7. The minimum atomic E-state index is -0.138. The molecule has 0 bridgehead atoms. The van der Waals surface area contributed by atoms with Crippen LogP contribution in [0, 0.1) is 0 Å². The van der Waals surface area contributed by atoms with Crippen molar-refractivity contribution in [1.82, 2.24) is 9.97 Å². The maximum atomic E-state index is 12.1. The topological polar surface area (TPSA) is 45.8 Å². The molecular formula is C17H14BrClN2O. The lowest BCUT2D eigenvalue weighted by Gasteiger charge is -2.10. The first kappa shape index (κ1) is 15.3. The standard InChI is InChI=1S/C17H14BrClN2O/c18-14(9-6-11-4-2-1-3-5-11)16-20-15-10-12(19)7-8-13(15)17(22)21-16/h1-5,7-8,10,14H,6,9H2,(H,20,21,22). The number of hydrogen-bond acceptors (Lipinski definition) is 2. The van der Waals surface area contributed by atoms with Crippen molar-refractivity contribution in [2.24, 2.45) is 0 Å². The molecule has 0 radical (unpaired) electrons. The van der Waals surface area contributed by atoms with E-state index in [4.69, 9.17) is 11.6 Å². The van der Waals surface area contributed by atoms with Gasteiger partial charge in [0.25, 0.3) is 5.56 Å². The molecule has 0 amide bonds. The first-order valence-electron chi connectivity index (χ1n) is 7.01. The number of aromatic amines is 1. The van der Waals surface area contributed by atoms with E-state index < -0.39 is 0 Å². The molecule has 0 aliphatic carbocycles. The SMILES string of the molecule is O=c1[nH]c(C(Br)CCc2ccccc2)nc2cc(Cl)ccc12. The van der Waals surface area contributed by atoms with Crippen LogP contribution in [0.2, 0.25) is 5.02 Å². The van der Waals surface area contributed by atoms with E-state index in [1.165, 1.54) is 5.56 Å². The smallest absolute Gasteiger partial charge is 0.258 e. The van der Waals surface area contributed by atoms with E-state index in [0.29, 0.717) is 21.7 Å². The second-order valence-electron chi connectivity index (χ2n) is 5.10. The lowest BCUT2D eigenvalue weighted by molar-refractivity contribution is 0.765. The fraction of sp³-hybridized carbons (Fsp3) is 0.176. The van der Waals surface area contributed by atoms with E-state index in [2.05, 4.69) is 38.0 Å². The Bertz CT molecular complexity index is 848. The molecule has 1 heterocycles. The zero-order chi connectivity index (χ0) is 15.5. The lowest BCUT2D eigenvalue weighted by atomic mass is 10.1. The van der Waals surface area contributed by atoms with Crippen LogP contribution in [0.1, 0.15) is 22.6 Å². The predicted octanol–water partition coefficient (Wildman–Crippen LogP) is 4.65. The van der Waals surface area contributed by atoms with Crippen molar-refractivity contribution in [1.29, 1.82) is 0 Å². The highest BCUT2D eigenvalue weighted by Crippen LogP contribution is 2.26. The molecule has 0 fully saturated rings. The van der Waals surface area contributed by atoms with Gasteiger partial charge in [0.05, 0.1) is 15.7 Å². The Morgan fingerprint density at radius 2 is 1.95 bits per heavy atom. The molecule has 3 aromatic rings. The van der Waals surface area contributed by atoms with Gasteiger partial charge in [-0.25, -0.2) is 4.98 Å². The molecule has 0 aliphatic heterocycles. The van der Waals surface area contributed by atoms with Crippen LogP contribution in [-0.2, 0) is 6.42 Å². The van der Waals surface area contributed by atoms with Crippen molar-refractivity contribution in [3.05, 3.63) is 75.3 Å². The number of aromatic nitrogens is 2. The van der Waals surface area contributed by atoms with Crippen LogP contribution in [0.4, 0.5) is 0 Å². The third-order valence-electron chi connectivity index (χ3n) is 3.51. The van der Waals surface area contributed by atoms with E-state index >= 15 is 0 Å². The number of fused-ring (bicyclic) bond motifs is 1. The number of hydrogen-bond donors (Lipinski definition) is 1. The van der Waals surface area contributed by atoms with Gasteiger partial charge in [-0.05, 0) is 36.6 Å². The van der Waals surface area contributed by atoms with Gasteiger partial charge in [0, 0.05) is 5.02 Å². The predicted molar refractivity (Wildman–Crippen MR) is 93.8 cm³/mol. The second kappa shape index (κ2) is 6.63. The van der Waals surface area contributed by atoms with Gasteiger partial charge in [-0.1, -0.05) is 57.9 Å². The van der Waals surface area contributed by atoms with Gasteiger partial charge >= 0.3 is 0 Å². The Kier molecular flexibility index (Phi) is 4.60. The van der Waals surface area contributed by atoms with Crippen LogP contribution in [-0.4, -0.2) is 9.97 Å². The van der Waals surface area contributed by atoms with E-state index in [1.807, 2.05) is 18.2 Å². The summed E-state index contributed by atoms with van der Waals surface area (Å²) in [5.74, 6) is 0.635. The zero-order valence-corrected chi connectivity index (χ0v) is 14.1. The van der Waals surface area contributed by atoms with Gasteiger partial charge in [-0.15, -0.1) is 0 Å².